The van der Waals surface area contributed by atoms with Crippen molar-refractivity contribution in [1.29, 1.82) is 0 Å². The molecule has 0 aliphatic carbocycles. The molecule has 0 spiro atoms. The summed E-state index contributed by atoms with van der Waals surface area (Å²) >= 11 is 1.62. The summed E-state index contributed by atoms with van der Waals surface area (Å²) in [6.07, 6.45) is -0.0107. The zero-order valence-electron chi connectivity index (χ0n) is 11.2. The van der Waals surface area contributed by atoms with E-state index in [0.717, 1.165) is 15.6 Å². The molecule has 5 heteroatoms. The van der Waals surface area contributed by atoms with Gasteiger partial charge in [0, 0.05) is 25.6 Å². The zero-order valence-corrected chi connectivity index (χ0v) is 12.1. The summed E-state index contributed by atoms with van der Waals surface area (Å²) in [4.78, 5) is 5.67. The second kappa shape index (κ2) is 5.91. The lowest BCUT2D eigenvalue weighted by Crippen LogP contribution is -2.20. The monoisotopic (exact) mass is 258 g/mol. The number of rotatable bonds is 5. The molecular formula is C12H22N2O2S. The molecule has 1 rings (SSSR count). The maximum Gasteiger partial charge on any atom is 0.123 e. The van der Waals surface area contributed by atoms with Crippen LogP contribution in [0.4, 0.5) is 0 Å². The fourth-order valence-corrected chi connectivity index (χ4v) is 3.02. The van der Waals surface area contributed by atoms with E-state index in [9.17, 15) is 0 Å². The summed E-state index contributed by atoms with van der Waals surface area (Å²) < 4.78 is 10.7. The highest BCUT2D eigenvalue weighted by Crippen LogP contribution is 2.38. The molecule has 0 bridgehead atoms. The van der Waals surface area contributed by atoms with E-state index in [2.05, 4.69) is 25.8 Å². The molecule has 0 saturated heterocycles. The third kappa shape index (κ3) is 3.48. The van der Waals surface area contributed by atoms with E-state index in [0.29, 0.717) is 13.2 Å². The van der Waals surface area contributed by atoms with Crippen LogP contribution in [0.5, 0.6) is 0 Å². The molecule has 98 valence electrons. The Kier molecular flexibility index (Phi) is 5.06. The molecule has 17 heavy (non-hydrogen) atoms. The van der Waals surface area contributed by atoms with Crippen molar-refractivity contribution in [2.45, 2.75) is 40.0 Å². The predicted molar refractivity (Wildman–Crippen MR) is 69.9 cm³/mol. The molecule has 4 nitrogen and oxygen atoms in total. The Balaban J connectivity index is 3.05. The largest absolute Gasteiger partial charge is 0.378 e. The first-order chi connectivity index (χ1) is 7.93. The van der Waals surface area contributed by atoms with Crippen molar-refractivity contribution in [3.63, 3.8) is 0 Å². The third-order valence-electron chi connectivity index (χ3n) is 2.51. The van der Waals surface area contributed by atoms with Crippen molar-refractivity contribution in [2.24, 2.45) is 11.1 Å². The maximum absolute atomic E-state index is 5.72. The number of hydrogen-bond donors (Lipinski definition) is 1. The number of hydrogen-bond acceptors (Lipinski definition) is 5. The summed E-state index contributed by atoms with van der Waals surface area (Å²) in [6, 6.07) is 0. The lowest BCUT2D eigenvalue weighted by molar-refractivity contribution is 0.0148. The Morgan fingerprint density at radius 1 is 1.35 bits per heavy atom. The van der Waals surface area contributed by atoms with Gasteiger partial charge in [-0.15, -0.1) is 11.3 Å². The van der Waals surface area contributed by atoms with Crippen molar-refractivity contribution >= 4 is 11.3 Å². The van der Waals surface area contributed by atoms with Gasteiger partial charge in [0.25, 0.3) is 0 Å². The topological polar surface area (TPSA) is 57.4 Å². The summed E-state index contributed by atoms with van der Waals surface area (Å²) in [6.45, 7) is 7.42. The Bertz CT molecular complexity index is 358. The van der Waals surface area contributed by atoms with Crippen molar-refractivity contribution < 1.29 is 9.47 Å². The van der Waals surface area contributed by atoms with Gasteiger partial charge in [0.2, 0.25) is 0 Å². The molecule has 0 aliphatic heterocycles. The minimum atomic E-state index is -0.0107. The average molecular weight is 258 g/mol. The molecule has 1 unspecified atom stereocenters. The molecular weight excluding hydrogens is 236 g/mol. The number of aromatic nitrogens is 1. The summed E-state index contributed by atoms with van der Waals surface area (Å²) in [5.74, 6) is 0. The predicted octanol–water partition coefficient (Wildman–Crippen LogP) is 2.48. The third-order valence-corrected chi connectivity index (χ3v) is 3.67. The first-order valence-corrected chi connectivity index (χ1v) is 6.46. The van der Waals surface area contributed by atoms with Gasteiger partial charge >= 0.3 is 0 Å². The van der Waals surface area contributed by atoms with Crippen molar-refractivity contribution in [3.8, 4) is 0 Å². The number of thiazole rings is 1. The second-order valence-corrected chi connectivity index (χ2v) is 6.16. The molecule has 0 radical (unpaired) electrons. The van der Waals surface area contributed by atoms with Crippen LogP contribution in [0, 0.1) is 5.41 Å². The Labute approximate surface area is 107 Å². The smallest absolute Gasteiger partial charge is 0.123 e. The van der Waals surface area contributed by atoms with Crippen LogP contribution in [0.25, 0.3) is 0 Å². The van der Waals surface area contributed by atoms with Crippen LogP contribution < -0.4 is 5.73 Å². The van der Waals surface area contributed by atoms with Crippen LogP contribution in [0.1, 0.15) is 42.5 Å². The molecule has 1 heterocycles. The lowest BCUT2D eigenvalue weighted by Gasteiger charge is -2.27. The number of ether oxygens (including phenoxy) is 2. The fraction of sp³-hybridized carbons (Fsp3) is 0.750. The average Bonchev–Trinajstić information content (AvgIpc) is 2.60. The van der Waals surface area contributed by atoms with E-state index < -0.39 is 0 Å². The van der Waals surface area contributed by atoms with E-state index in [1.54, 1.807) is 25.6 Å². The van der Waals surface area contributed by atoms with Gasteiger partial charge in [0.15, 0.2) is 0 Å². The number of nitrogens with two attached hydrogens (primary N) is 1. The van der Waals surface area contributed by atoms with E-state index >= 15 is 0 Å². The van der Waals surface area contributed by atoms with Gasteiger partial charge in [-0.25, -0.2) is 4.98 Å². The van der Waals surface area contributed by atoms with E-state index in [4.69, 9.17) is 15.2 Å². The van der Waals surface area contributed by atoms with Gasteiger partial charge in [0.05, 0.1) is 12.3 Å². The van der Waals surface area contributed by atoms with Crippen LogP contribution >= 0.6 is 11.3 Å². The Morgan fingerprint density at radius 3 is 2.41 bits per heavy atom. The van der Waals surface area contributed by atoms with Crippen molar-refractivity contribution in [2.75, 3.05) is 14.2 Å². The quantitative estimate of drug-likeness (QED) is 0.881. The molecule has 0 fully saturated rings. The second-order valence-electron chi connectivity index (χ2n) is 5.04. The fourth-order valence-electron chi connectivity index (χ4n) is 1.75. The van der Waals surface area contributed by atoms with Gasteiger partial charge < -0.3 is 15.2 Å². The minimum absolute atomic E-state index is 0.0107. The molecule has 0 saturated carbocycles. The molecule has 1 aromatic heterocycles. The van der Waals surface area contributed by atoms with Crippen LogP contribution in [0.2, 0.25) is 0 Å². The lowest BCUT2D eigenvalue weighted by atomic mass is 9.89. The first-order valence-electron chi connectivity index (χ1n) is 5.64. The van der Waals surface area contributed by atoms with Crippen LogP contribution in [0.3, 0.4) is 0 Å². The van der Waals surface area contributed by atoms with Gasteiger partial charge in [-0.1, -0.05) is 20.8 Å². The molecule has 1 atom stereocenters. The molecule has 0 aromatic carbocycles. The molecule has 0 amide bonds. The summed E-state index contributed by atoms with van der Waals surface area (Å²) in [5.41, 5.74) is 6.67. The van der Waals surface area contributed by atoms with E-state index in [1.165, 1.54) is 0 Å². The standard InChI is InChI=1S/C12H22N2O2S/c1-12(2,3)10(16-5)11-14-8(7-15-4)9(6-13)17-11/h10H,6-7,13H2,1-5H3. The molecule has 1 aromatic rings. The van der Waals surface area contributed by atoms with Gasteiger partial charge in [-0.05, 0) is 5.41 Å². The van der Waals surface area contributed by atoms with Crippen LogP contribution in [-0.4, -0.2) is 19.2 Å². The highest BCUT2D eigenvalue weighted by molar-refractivity contribution is 7.11. The molecule has 0 aliphatic rings. The summed E-state index contributed by atoms with van der Waals surface area (Å²) in [5, 5.41) is 0.979. The van der Waals surface area contributed by atoms with Gasteiger partial charge in [-0.3, -0.25) is 0 Å². The van der Waals surface area contributed by atoms with Gasteiger partial charge in [-0.2, -0.15) is 0 Å². The van der Waals surface area contributed by atoms with Crippen LogP contribution in [0.15, 0.2) is 0 Å². The number of methoxy groups -OCH3 is 2. The summed E-state index contributed by atoms with van der Waals surface area (Å²) in [7, 11) is 3.38. The Morgan fingerprint density at radius 2 is 2.00 bits per heavy atom. The highest BCUT2D eigenvalue weighted by Gasteiger charge is 2.29. The first kappa shape index (κ1) is 14.6. The SMILES string of the molecule is COCc1nc(C(OC)C(C)(C)C)sc1CN. The minimum Gasteiger partial charge on any atom is -0.378 e. The Hall–Kier alpha value is -0.490. The normalized spacial score (nSPS) is 14.0. The highest BCUT2D eigenvalue weighted by atomic mass is 32.1. The zero-order chi connectivity index (χ0) is 13.1. The van der Waals surface area contributed by atoms with Crippen LogP contribution in [-0.2, 0) is 22.6 Å². The van der Waals surface area contributed by atoms with E-state index in [1.807, 2.05) is 0 Å². The molecule has 2 N–H and O–H groups in total. The van der Waals surface area contributed by atoms with E-state index in [-0.39, 0.29) is 11.5 Å². The number of nitrogens with zero attached hydrogens (tertiary/aromatic N) is 1. The van der Waals surface area contributed by atoms with Crippen molar-refractivity contribution in [1.82, 2.24) is 4.98 Å². The van der Waals surface area contributed by atoms with Crippen molar-refractivity contribution in [3.05, 3.63) is 15.6 Å². The maximum atomic E-state index is 5.72. The van der Waals surface area contributed by atoms with Gasteiger partial charge in [0.1, 0.15) is 11.1 Å².